The Bertz CT molecular complexity index is 882. The summed E-state index contributed by atoms with van der Waals surface area (Å²) in [6, 6.07) is 20.6. The molecule has 0 amide bonds. The van der Waals surface area contributed by atoms with Gasteiger partial charge in [0.15, 0.2) is 0 Å². The number of benzene rings is 1. The molecule has 27 heavy (non-hydrogen) atoms. The van der Waals surface area contributed by atoms with Crippen molar-refractivity contribution < 1.29 is 4.74 Å². The van der Waals surface area contributed by atoms with Gasteiger partial charge in [0.1, 0.15) is 5.75 Å². The number of hydrogen-bond donors (Lipinski definition) is 0. The summed E-state index contributed by atoms with van der Waals surface area (Å²) in [5.41, 5.74) is 4.42. The molecule has 0 aliphatic carbocycles. The lowest BCUT2D eigenvalue weighted by molar-refractivity contribution is 0.196. The lowest BCUT2D eigenvalue weighted by Gasteiger charge is -2.32. The Hall–Kier alpha value is -2.72. The molecule has 1 aliphatic rings. The molecule has 0 bridgehead atoms. The maximum atomic E-state index is 5.35. The fraction of sp³-hybridized carbons (Fsp3) is 0.304. The number of aromatic nitrogens is 2. The summed E-state index contributed by atoms with van der Waals surface area (Å²) in [4.78, 5) is 12.0. The Labute approximate surface area is 160 Å². The highest BCUT2D eigenvalue weighted by molar-refractivity contribution is 5.61. The van der Waals surface area contributed by atoms with Crippen LogP contribution in [0.15, 0.2) is 66.9 Å². The summed E-state index contributed by atoms with van der Waals surface area (Å²) in [6.07, 6.45) is 4.26. The number of pyridine rings is 2. The molecule has 138 valence electrons. The predicted octanol–water partition coefficient (Wildman–Crippen LogP) is 4.53. The van der Waals surface area contributed by atoms with Crippen molar-refractivity contribution in [3.8, 4) is 17.0 Å². The number of likely N-dealkylation sites (tertiary alicyclic amines) is 1. The van der Waals surface area contributed by atoms with E-state index in [1.54, 1.807) is 7.11 Å². The maximum Gasteiger partial charge on any atom is 0.119 e. The maximum absolute atomic E-state index is 5.35. The number of rotatable bonds is 5. The lowest BCUT2D eigenvalue weighted by Crippen LogP contribution is -2.34. The number of nitrogens with zero attached hydrogens (tertiary/aromatic N) is 3. The molecule has 0 unspecified atom stereocenters. The van der Waals surface area contributed by atoms with Crippen LogP contribution in [0.1, 0.15) is 30.1 Å². The number of methoxy groups -OCH3 is 1. The molecule has 1 saturated heterocycles. The van der Waals surface area contributed by atoms with Gasteiger partial charge in [-0.3, -0.25) is 14.9 Å². The molecule has 0 spiro atoms. The van der Waals surface area contributed by atoms with Gasteiger partial charge in [0.2, 0.25) is 0 Å². The van der Waals surface area contributed by atoms with Crippen LogP contribution in [0, 0.1) is 0 Å². The van der Waals surface area contributed by atoms with E-state index in [1.165, 1.54) is 18.5 Å². The van der Waals surface area contributed by atoms with Crippen molar-refractivity contribution in [2.75, 3.05) is 20.2 Å². The third-order valence-electron chi connectivity index (χ3n) is 5.17. The first-order valence-electron chi connectivity index (χ1n) is 9.55. The van der Waals surface area contributed by atoms with Gasteiger partial charge in [-0.25, -0.2) is 0 Å². The van der Waals surface area contributed by atoms with Crippen LogP contribution in [-0.2, 0) is 6.54 Å². The zero-order chi connectivity index (χ0) is 18.5. The fourth-order valence-corrected chi connectivity index (χ4v) is 3.78. The summed E-state index contributed by atoms with van der Waals surface area (Å²) in [6.45, 7) is 3.07. The molecule has 1 aromatic carbocycles. The quantitative estimate of drug-likeness (QED) is 0.671. The van der Waals surface area contributed by atoms with Crippen molar-refractivity contribution in [3.05, 3.63) is 78.2 Å². The minimum Gasteiger partial charge on any atom is -0.497 e. The van der Waals surface area contributed by atoms with Crippen molar-refractivity contribution in [2.24, 2.45) is 0 Å². The minimum atomic E-state index is 0.466. The Balaban J connectivity index is 1.51. The monoisotopic (exact) mass is 359 g/mol. The molecule has 0 radical (unpaired) electrons. The predicted molar refractivity (Wildman–Crippen MR) is 108 cm³/mol. The molecular weight excluding hydrogens is 334 g/mol. The molecule has 1 aliphatic heterocycles. The standard InChI is InChI=1S/C23H25N3O/c1-27-21-10-4-7-18(15-21)22-11-5-12-23(25-22)19-8-6-14-26(16-19)17-20-9-2-3-13-24-20/h2-5,7,9-13,15,19H,6,8,14,16-17H2,1H3/t19-/m1/s1. The van der Waals surface area contributed by atoms with Gasteiger partial charge in [0.05, 0.1) is 18.5 Å². The number of piperidine rings is 1. The molecule has 1 atom stereocenters. The van der Waals surface area contributed by atoms with Crippen molar-refractivity contribution in [3.63, 3.8) is 0 Å². The van der Waals surface area contributed by atoms with Crippen LogP contribution >= 0.6 is 0 Å². The van der Waals surface area contributed by atoms with E-state index in [9.17, 15) is 0 Å². The minimum absolute atomic E-state index is 0.466. The van der Waals surface area contributed by atoms with Crippen LogP contribution < -0.4 is 4.74 Å². The van der Waals surface area contributed by atoms with Gasteiger partial charge in [-0.05, 0) is 55.8 Å². The highest BCUT2D eigenvalue weighted by Gasteiger charge is 2.23. The lowest BCUT2D eigenvalue weighted by atomic mass is 9.93. The van der Waals surface area contributed by atoms with Gasteiger partial charge < -0.3 is 4.74 Å². The molecule has 0 N–H and O–H groups in total. The normalized spacial score (nSPS) is 17.6. The summed E-state index contributed by atoms with van der Waals surface area (Å²) in [7, 11) is 1.70. The molecule has 4 heteroatoms. The average molecular weight is 359 g/mol. The molecule has 4 nitrogen and oxygen atoms in total. The van der Waals surface area contributed by atoms with Gasteiger partial charge in [-0.2, -0.15) is 0 Å². The Kier molecular flexibility index (Phi) is 5.45. The van der Waals surface area contributed by atoms with E-state index in [-0.39, 0.29) is 0 Å². The second-order valence-corrected chi connectivity index (χ2v) is 7.07. The number of ether oxygens (including phenoxy) is 1. The Morgan fingerprint density at radius 1 is 1.07 bits per heavy atom. The van der Waals surface area contributed by atoms with Crippen LogP contribution in [0.25, 0.3) is 11.3 Å². The van der Waals surface area contributed by atoms with Crippen molar-refractivity contribution in [1.29, 1.82) is 0 Å². The van der Waals surface area contributed by atoms with E-state index in [2.05, 4.69) is 46.3 Å². The van der Waals surface area contributed by atoms with Crippen LogP contribution in [0.3, 0.4) is 0 Å². The summed E-state index contributed by atoms with van der Waals surface area (Å²) in [5, 5.41) is 0. The third-order valence-corrected chi connectivity index (χ3v) is 5.17. The summed E-state index contributed by atoms with van der Waals surface area (Å²) >= 11 is 0. The first-order valence-corrected chi connectivity index (χ1v) is 9.55. The molecule has 3 aromatic rings. The van der Waals surface area contributed by atoms with Crippen molar-refractivity contribution >= 4 is 0 Å². The SMILES string of the molecule is COc1cccc(-c2cccc([C@@H]3CCCN(Cc4ccccn4)C3)n2)c1. The van der Waals surface area contributed by atoms with Crippen LogP contribution in [0.2, 0.25) is 0 Å². The van der Waals surface area contributed by atoms with E-state index in [1.807, 2.05) is 30.5 Å². The highest BCUT2D eigenvalue weighted by Crippen LogP contribution is 2.29. The first kappa shape index (κ1) is 17.7. The van der Waals surface area contributed by atoms with Crippen LogP contribution in [0.5, 0.6) is 5.75 Å². The smallest absolute Gasteiger partial charge is 0.119 e. The second kappa shape index (κ2) is 8.31. The zero-order valence-electron chi connectivity index (χ0n) is 15.7. The van der Waals surface area contributed by atoms with Gasteiger partial charge in [-0.15, -0.1) is 0 Å². The van der Waals surface area contributed by atoms with Crippen molar-refractivity contribution in [2.45, 2.75) is 25.3 Å². The van der Waals surface area contributed by atoms with E-state index in [4.69, 9.17) is 9.72 Å². The van der Waals surface area contributed by atoms with E-state index < -0.39 is 0 Å². The van der Waals surface area contributed by atoms with E-state index >= 15 is 0 Å². The second-order valence-electron chi connectivity index (χ2n) is 7.07. The molecular formula is C23H25N3O. The van der Waals surface area contributed by atoms with E-state index in [0.717, 1.165) is 42.3 Å². The van der Waals surface area contributed by atoms with Gasteiger partial charge in [0, 0.05) is 36.5 Å². The van der Waals surface area contributed by atoms with E-state index in [0.29, 0.717) is 5.92 Å². The first-order chi connectivity index (χ1) is 13.3. The topological polar surface area (TPSA) is 38.2 Å². The van der Waals surface area contributed by atoms with Gasteiger partial charge in [-0.1, -0.05) is 24.3 Å². The highest BCUT2D eigenvalue weighted by atomic mass is 16.5. The molecule has 1 fully saturated rings. The Morgan fingerprint density at radius 3 is 2.85 bits per heavy atom. The van der Waals surface area contributed by atoms with Gasteiger partial charge >= 0.3 is 0 Å². The largest absolute Gasteiger partial charge is 0.497 e. The average Bonchev–Trinajstić information content (AvgIpc) is 2.75. The summed E-state index contributed by atoms with van der Waals surface area (Å²) in [5.74, 6) is 1.33. The third kappa shape index (κ3) is 4.34. The van der Waals surface area contributed by atoms with Crippen LogP contribution in [-0.4, -0.2) is 35.1 Å². The molecule has 3 heterocycles. The number of hydrogen-bond acceptors (Lipinski definition) is 4. The Morgan fingerprint density at radius 2 is 2.00 bits per heavy atom. The fourth-order valence-electron chi connectivity index (χ4n) is 3.78. The molecule has 0 saturated carbocycles. The van der Waals surface area contributed by atoms with Gasteiger partial charge in [0.25, 0.3) is 0 Å². The van der Waals surface area contributed by atoms with Crippen molar-refractivity contribution in [1.82, 2.24) is 14.9 Å². The molecule has 2 aromatic heterocycles. The molecule has 4 rings (SSSR count). The zero-order valence-corrected chi connectivity index (χ0v) is 15.7. The summed E-state index contributed by atoms with van der Waals surface area (Å²) < 4.78 is 5.35. The van der Waals surface area contributed by atoms with Crippen LogP contribution in [0.4, 0.5) is 0 Å².